The molecule has 0 radical (unpaired) electrons. The number of esters is 1. The first-order valence-electron chi connectivity index (χ1n) is 9.72. The molecule has 1 aromatic rings. The first kappa shape index (κ1) is 22.5. The largest absolute Gasteiger partial charge is 0.497 e. The van der Waals surface area contributed by atoms with Crippen molar-refractivity contribution >= 4 is 23.7 Å². The van der Waals surface area contributed by atoms with E-state index in [1.807, 2.05) is 20.8 Å². The Morgan fingerprint density at radius 1 is 1.17 bits per heavy atom. The monoisotopic (exact) mass is 406 g/mol. The number of hydrogen-bond donors (Lipinski definition) is 1. The van der Waals surface area contributed by atoms with Crippen LogP contribution in [-0.2, 0) is 19.1 Å². The molecule has 0 bridgehead atoms. The van der Waals surface area contributed by atoms with E-state index in [4.69, 9.17) is 14.2 Å². The van der Waals surface area contributed by atoms with E-state index >= 15 is 0 Å². The van der Waals surface area contributed by atoms with Crippen molar-refractivity contribution in [3.05, 3.63) is 24.3 Å². The number of nitrogens with one attached hydrogen (secondary N) is 1. The molecule has 8 nitrogen and oxygen atoms in total. The number of methoxy groups -OCH3 is 1. The summed E-state index contributed by atoms with van der Waals surface area (Å²) in [5.74, 6) is -0.579. The highest BCUT2D eigenvalue weighted by Gasteiger charge is 2.32. The molecule has 1 aliphatic heterocycles. The van der Waals surface area contributed by atoms with E-state index in [9.17, 15) is 14.4 Å². The van der Waals surface area contributed by atoms with Crippen molar-refractivity contribution in [2.75, 3.05) is 25.5 Å². The van der Waals surface area contributed by atoms with Crippen molar-refractivity contribution < 1.29 is 28.6 Å². The zero-order valence-electron chi connectivity index (χ0n) is 17.7. The maximum atomic E-state index is 12.4. The Balaban J connectivity index is 1.81. The molecule has 1 fully saturated rings. The summed E-state index contributed by atoms with van der Waals surface area (Å²) in [4.78, 5) is 38.4. The smallest absolute Gasteiger partial charge is 0.410 e. The van der Waals surface area contributed by atoms with Crippen LogP contribution in [0.1, 0.15) is 40.5 Å². The SMILES string of the molecule is COc1cccc(NC(=O)[C@@H](C)OC(=O)C2CCN(C(=O)OC(C)(C)C)CC2)c1. The molecule has 0 unspecified atom stereocenters. The maximum absolute atomic E-state index is 12.4. The van der Waals surface area contributed by atoms with Crippen LogP contribution in [0.15, 0.2) is 24.3 Å². The molecule has 1 atom stereocenters. The average molecular weight is 406 g/mol. The van der Waals surface area contributed by atoms with Crippen LogP contribution in [0.25, 0.3) is 0 Å². The second kappa shape index (κ2) is 9.62. The van der Waals surface area contributed by atoms with Crippen molar-refractivity contribution in [2.45, 2.75) is 52.2 Å². The number of nitrogens with zero attached hydrogens (tertiary/aromatic N) is 1. The van der Waals surface area contributed by atoms with Crippen molar-refractivity contribution in [3.63, 3.8) is 0 Å². The Kier molecular flexibility index (Phi) is 7.47. The van der Waals surface area contributed by atoms with Crippen LogP contribution in [0.3, 0.4) is 0 Å². The minimum atomic E-state index is -0.933. The Morgan fingerprint density at radius 3 is 2.41 bits per heavy atom. The molecule has 1 heterocycles. The molecule has 8 heteroatoms. The number of anilines is 1. The van der Waals surface area contributed by atoms with Gasteiger partial charge in [0.25, 0.3) is 5.91 Å². The van der Waals surface area contributed by atoms with Gasteiger partial charge in [-0.15, -0.1) is 0 Å². The van der Waals surface area contributed by atoms with Gasteiger partial charge in [-0.3, -0.25) is 9.59 Å². The second-order valence-corrected chi connectivity index (χ2v) is 8.04. The third-order valence-electron chi connectivity index (χ3n) is 4.48. The fourth-order valence-corrected chi connectivity index (χ4v) is 2.89. The van der Waals surface area contributed by atoms with E-state index in [0.717, 1.165) is 0 Å². The molecule has 2 rings (SSSR count). The summed E-state index contributed by atoms with van der Waals surface area (Å²) in [7, 11) is 1.54. The van der Waals surface area contributed by atoms with Crippen molar-refractivity contribution in [1.82, 2.24) is 4.90 Å². The van der Waals surface area contributed by atoms with Crippen LogP contribution >= 0.6 is 0 Å². The average Bonchev–Trinajstić information content (AvgIpc) is 2.66. The van der Waals surface area contributed by atoms with E-state index in [0.29, 0.717) is 37.4 Å². The lowest BCUT2D eigenvalue weighted by Crippen LogP contribution is -2.43. The standard InChI is InChI=1S/C21H30N2O6/c1-14(18(24)22-16-7-6-8-17(13-16)27-5)28-19(25)15-9-11-23(12-10-15)20(26)29-21(2,3)4/h6-8,13-15H,9-12H2,1-5H3,(H,22,24)/t14-/m1/s1. The number of hydrogen-bond acceptors (Lipinski definition) is 6. The quantitative estimate of drug-likeness (QED) is 0.755. The number of piperidine rings is 1. The minimum absolute atomic E-state index is 0.347. The summed E-state index contributed by atoms with van der Waals surface area (Å²) in [6.45, 7) is 7.80. The molecule has 0 saturated carbocycles. The third kappa shape index (κ3) is 6.96. The molecule has 1 aliphatic rings. The van der Waals surface area contributed by atoms with E-state index in [1.54, 1.807) is 36.3 Å². The number of amides is 2. The van der Waals surface area contributed by atoms with Gasteiger partial charge in [-0.05, 0) is 52.7 Å². The second-order valence-electron chi connectivity index (χ2n) is 8.04. The van der Waals surface area contributed by atoms with Crippen molar-refractivity contribution in [2.24, 2.45) is 5.92 Å². The van der Waals surface area contributed by atoms with Gasteiger partial charge in [0.1, 0.15) is 11.4 Å². The highest BCUT2D eigenvalue weighted by atomic mass is 16.6. The lowest BCUT2D eigenvalue weighted by atomic mass is 9.97. The van der Waals surface area contributed by atoms with Gasteiger partial charge in [-0.2, -0.15) is 0 Å². The molecular weight excluding hydrogens is 376 g/mol. The highest BCUT2D eigenvalue weighted by molar-refractivity contribution is 5.95. The van der Waals surface area contributed by atoms with E-state index < -0.39 is 23.6 Å². The van der Waals surface area contributed by atoms with Gasteiger partial charge in [0.05, 0.1) is 13.0 Å². The normalized spacial score (nSPS) is 16.0. The predicted molar refractivity (Wildman–Crippen MR) is 108 cm³/mol. The molecule has 0 aliphatic carbocycles. The number of ether oxygens (including phenoxy) is 3. The fraction of sp³-hybridized carbons (Fsp3) is 0.571. The molecule has 1 aromatic carbocycles. The summed E-state index contributed by atoms with van der Waals surface area (Å²) < 4.78 is 15.8. The maximum Gasteiger partial charge on any atom is 0.410 e. The summed E-state index contributed by atoms with van der Waals surface area (Å²) in [6.07, 6.45) is -0.363. The zero-order chi connectivity index (χ0) is 21.6. The summed E-state index contributed by atoms with van der Waals surface area (Å²) in [6, 6.07) is 6.92. The number of carbonyl (C=O) groups excluding carboxylic acids is 3. The van der Waals surface area contributed by atoms with Crippen LogP contribution < -0.4 is 10.1 Å². The van der Waals surface area contributed by atoms with Gasteiger partial charge in [0.2, 0.25) is 0 Å². The van der Waals surface area contributed by atoms with Gasteiger partial charge >= 0.3 is 12.1 Å². The summed E-state index contributed by atoms with van der Waals surface area (Å²) in [5, 5.41) is 2.70. The number of carbonyl (C=O) groups is 3. The molecule has 0 spiro atoms. The van der Waals surface area contributed by atoms with E-state index in [-0.39, 0.29) is 12.0 Å². The molecule has 160 valence electrons. The van der Waals surface area contributed by atoms with Crippen molar-refractivity contribution in [1.29, 1.82) is 0 Å². The Hall–Kier alpha value is -2.77. The van der Waals surface area contributed by atoms with Gasteiger partial charge < -0.3 is 24.4 Å². The topological polar surface area (TPSA) is 94.2 Å². The lowest BCUT2D eigenvalue weighted by Gasteiger charge is -2.32. The molecule has 2 amide bonds. The van der Waals surface area contributed by atoms with Crippen LogP contribution in [0.2, 0.25) is 0 Å². The molecule has 0 aromatic heterocycles. The first-order chi connectivity index (χ1) is 13.6. The fourth-order valence-electron chi connectivity index (χ4n) is 2.89. The van der Waals surface area contributed by atoms with Crippen LogP contribution in [0, 0.1) is 5.92 Å². The minimum Gasteiger partial charge on any atom is -0.497 e. The third-order valence-corrected chi connectivity index (χ3v) is 4.48. The molecule has 29 heavy (non-hydrogen) atoms. The highest BCUT2D eigenvalue weighted by Crippen LogP contribution is 2.22. The number of rotatable bonds is 5. The van der Waals surface area contributed by atoms with Gasteiger partial charge in [0, 0.05) is 24.8 Å². The van der Waals surface area contributed by atoms with Gasteiger partial charge in [-0.25, -0.2) is 4.79 Å². The zero-order valence-corrected chi connectivity index (χ0v) is 17.7. The Bertz CT molecular complexity index is 735. The first-order valence-corrected chi connectivity index (χ1v) is 9.72. The Morgan fingerprint density at radius 2 is 1.83 bits per heavy atom. The van der Waals surface area contributed by atoms with Gasteiger partial charge in [0.15, 0.2) is 6.10 Å². The number of likely N-dealkylation sites (tertiary alicyclic amines) is 1. The summed E-state index contributed by atoms with van der Waals surface area (Å²) >= 11 is 0. The summed E-state index contributed by atoms with van der Waals surface area (Å²) in [5.41, 5.74) is 0.00114. The van der Waals surface area contributed by atoms with E-state index in [1.165, 1.54) is 6.92 Å². The molecule has 1 saturated heterocycles. The Labute approximate surface area is 171 Å². The molecular formula is C21H30N2O6. The van der Waals surface area contributed by atoms with Crippen LogP contribution in [0.4, 0.5) is 10.5 Å². The van der Waals surface area contributed by atoms with Crippen LogP contribution in [0.5, 0.6) is 5.75 Å². The lowest BCUT2D eigenvalue weighted by molar-refractivity contribution is -0.158. The molecule has 1 N–H and O–H groups in total. The van der Waals surface area contributed by atoms with E-state index in [2.05, 4.69) is 5.32 Å². The predicted octanol–water partition coefficient (Wildman–Crippen LogP) is 3.21. The van der Waals surface area contributed by atoms with Gasteiger partial charge in [-0.1, -0.05) is 6.07 Å². The van der Waals surface area contributed by atoms with Crippen LogP contribution in [-0.4, -0.2) is 54.8 Å². The number of benzene rings is 1. The van der Waals surface area contributed by atoms with Crippen molar-refractivity contribution in [3.8, 4) is 5.75 Å².